The molecule has 1 heterocycles. The monoisotopic (exact) mass is 366 g/mol. The number of hydrogen-bond acceptors (Lipinski definition) is 6. The Balaban J connectivity index is 3.31. The maximum atomic E-state index is 12.4. The van der Waals surface area contributed by atoms with Gasteiger partial charge >= 0.3 is 21.0 Å². The van der Waals surface area contributed by atoms with E-state index >= 15 is 0 Å². The molecule has 0 aromatic carbocycles. The number of nitrogens with zero attached hydrogens (tertiary/aromatic N) is 3. The van der Waals surface area contributed by atoms with Gasteiger partial charge in [-0.25, -0.2) is 0 Å². The number of aromatic nitrogens is 1. The number of thiocyanates is 1. The molecule has 0 amide bonds. The zero-order chi connectivity index (χ0) is 17.7. The summed E-state index contributed by atoms with van der Waals surface area (Å²) < 4.78 is 63.3. The van der Waals surface area contributed by atoms with E-state index in [4.69, 9.17) is 10.5 Å². The van der Waals surface area contributed by atoms with Gasteiger partial charge in [0.05, 0.1) is 0 Å². The summed E-state index contributed by atoms with van der Waals surface area (Å²) in [6, 6.07) is 4.30. The van der Waals surface area contributed by atoms with Crippen molar-refractivity contribution in [3.05, 3.63) is 17.7 Å². The van der Waals surface area contributed by atoms with Crippen LogP contribution in [0.5, 0.6) is 5.88 Å². The van der Waals surface area contributed by atoms with E-state index in [0.29, 0.717) is 18.4 Å². The molecule has 11 heteroatoms. The molecule has 1 aromatic rings. The first-order valence-corrected chi connectivity index (χ1v) is 8.94. The summed E-state index contributed by atoms with van der Waals surface area (Å²) >= 11 is 0. The number of hydrogen-bond donors (Lipinski definition) is 0. The van der Waals surface area contributed by atoms with Crippen LogP contribution in [-0.2, 0) is 27.4 Å². The third-order valence-electron chi connectivity index (χ3n) is 2.43. The van der Waals surface area contributed by atoms with Crippen LogP contribution in [0.1, 0.15) is 18.9 Å². The summed E-state index contributed by atoms with van der Waals surface area (Å²) in [5, 5.41) is 19.5. The van der Waals surface area contributed by atoms with Crippen LogP contribution in [0.25, 0.3) is 0 Å². The molecule has 0 aliphatic rings. The standard InChI is InChI=1S/C12H11F3N3O3S2/c1-2-3-9-6-10(21-23(19,20)12(13,14)15)18-11(7-9)22(8-17)5-4-16/h6-7H,2-3,5H2,1H3/q+1. The Morgan fingerprint density at radius 2 is 2.00 bits per heavy atom. The Kier molecular flexibility index (Phi) is 6.24. The first-order valence-electron chi connectivity index (χ1n) is 6.14. The van der Waals surface area contributed by atoms with Gasteiger partial charge in [-0.3, -0.25) is 0 Å². The highest BCUT2D eigenvalue weighted by Crippen LogP contribution is 2.28. The maximum Gasteiger partial charge on any atom is 0.534 e. The molecule has 23 heavy (non-hydrogen) atoms. The highest BCUT2D eigenvalue weighted by molar-refractivity contribution is 8.01. The predicted octanol–water partition coefficient (Wildman–Crippen LogP) is 2.24. The van der Waals surface area contributed by atoms with Gasteiger partial charge in [-0.05, 0) is 12.0 Å². The maximum absolute atomic E-state index is 12.4. The topological polar surface area (TPSA) is 104 Å². The minimum atomic E-state index is -5.85. The van der Waals surface area contributed by atoms with Crippen molar-refractivity contribution >= 4 is 21.0 Å². The Bertz CT molecular complexity index is 752. The van der Waals surface area contributed by atoms with Gasteiger partial charge in [0.1, 0.15) is 6.07 Å². The normalized spacial score (nSPS) is 13.0. The Hall–Kier alpha value is -1.98. The summed E-state index contributed by atoms with van der Waals surface area (Å²) in [6.07, 6.45) is 1.06. The lowest BCUT2D eigenvalue weighted by molar-refractivity contribution is -0.0501. The minimum absolute atomic E-state index is 0.0207. The van der Waals surface area contributed by atoms with E-state index in [1.807, 2.05) is 12.3 Å². The van der Waals surface area contributed by atoms with E-state index in [-0.39, 0.29) is 10.8 Å². The third-order valence-corrected chi connectivity index (χ3v) is 4.74. The molecule has 0 saturated heterocycles. The Morgan fingerprint density at radius 1 is 1.35 bits per heavy atom. The van der Waals surface area contributed by atoms with Gasteiger partial charge in [0.2, 0.25) is 11.6 Å². The fourth-order valence-electron chi connectivity index (χ4n) is 1.51. The largest absolute Gasteiger partial charge is 0.534 e. The van der Waals surface area contributed by atoms with Crippen molar-refractivity contribution in [2.45, 2.75) is 30.3 Å². The van der Waals surface area contributed by atoms with E-state index in [1.165, 1.54) is 6.07 Å². The molecule has 1 rings (SSSR count). The summed E-state index contributed by atoms with van der Waals surface area (Å²) in [5.41, 5.74) is -5.12. The van der Waals surface area contributed by atoms with Crippen LogP contribution in [0.3, 0.4) is 0 Å². The fourth-order valence-corrected chi connectivity index (χ4v) is 2.84. The zero-order valence-corrected chi connectivity index (χ0v) is 13.4. The van der Waals surface area contributed by atoms with E-state index in [9.17, 15) is 21.6 Å². The average Bonchev–Trinajstić information content (AvgIpc) is 2.43. The van der Waals surface area contributed by atoms with Crippen molar-refractivity contribution in [1.82, 2.24) is 4.98 Å². The van der Waals surface area contributed by atoms with Gasteiger partial charge < -0.3 is 4.18 Å². The first kappa shape index (κ1) is 19.1. The Morgan fingerprint density at radius 3 is 2.48 bits per heavy atom. The molecule has 0 N–H and O–H groups in total. The van der Waals surface area contributed by atoms with Gasteiger partial charge in [-0.1, -0.05) is 13.3 Å². The molecule has 124 valence electrons. The smallest absolute Gasteiger partial charge is 0.355 e. The van der Waals surface area contributed by atoms with Crippen LogP contribution in [0.15, 0.2) is 17.2 Å². The van der Waals surface area contributed by atoms with Crippen molar-refractivity contribution in [1.29, 1.82) is 10.5 Å². The summed E-state index contributed by atoms with van der Waals surface area (Å²) in [5.74, 6) is -0.973. The number of rotatable bonds is 6. The lowest BCUT2D eigenvalue weighted by Gasteiger charge is -2.10. The molecule has 1 unspecified atom stereocenters. The molecule has 0 aliphatic carbocycles. The van der Waals surface area contributed by atoms with Gasteiger partial charge in [0.25, 0.3) is 5.03 Å². The number of nitriles is 2. The zero-order valence-electron chi connectivity index (χ0n) is 11.8. The molecule has 0 saturated carbocycles. The molecule has 1 atom stereocenters. The predicted molar refractivity (Wildman–Crippen MR) is 75.6 cm³/mol. The van der Waals surface area contributed by atoms with Crippen LogP contribution >= 0.6 is 0 Å². The molecule has 1 aromatic heterocycles. The van der Waals surface area contributed by atoms with E-state index in [2.05, 4.69) is 9.17 Å². The quantitative estimate of drug-likeness (QED) is 0.331. The van der Waals surface area contributed by atoms with Gasteiger partial charge in [0.15, 0.2) is 10.9 Å². The lowest BCUT2D eigenvalue weighted by Crippen LogP contribution is -2.28. The fraction of sp³-hybridized carbons (Fsp3) is 0.417. The van der Waals surface area contributed by atoms with Crippen molar-refractivity contribution in [2.24, 2.45) is 0 Å². The number of aryl methyl sites for hydroxylation is 1. The van der Waals surface area contributed by atoms with Crippen LogP contribution < -0.4 is 4.18 Å². The number of halogens is 3. The van der Waals surface area contributed by atoms with Crippen molar-refractivity contribution in [2.75, 3.05) is 5.75 Å². The minimum Gasteiger partial charge on any atom is -0.355 e. The lowest BCUT2D eigenvalue weighted by atomic mass is 10.1. The molecule has 0 fully saturated rings. The second kappa shape index (κ2) is 7.53. The van der Waals surface area contributed by atoms with Crippen LogP contribution in [0, 0.1) is 22.0 Å². The number of pyridine rings is 1. The summed E-state index contributed by atoms with van der Waals surface area (Å²) in [6.45, 7) is 1.81. The van der Waals surface area contributed by atoms with Gasteiger partial charge in [-0.15, -0.1) is 5.26 Å². The first-order chi connectivity index (χ1) is 10.6. The summed E-state index contributed by atoms with van der Waals surface area (Å²) in [7, 11) is -7.14. The molecule has 0 bridgehead atoms. The summed E-state index contributed by atoms with van der Waals surface area (Å²) in [4.78, 5) is 3.64. The second-order valence-corrected chi connectivity index (χ2v) is 7.38. The van der Waals surface area contributed by atoms with E-state index in [0.717, 1.165) is 6.07 Å². The van der Waals surface area contributed by atoms with Gasteiger partial charge in [-0.2, -0.15) is 31.8 Å². The van der Waals surface area contributed by atoms with Crippen LogP contribution in [0.4, 0.5) is 13.2 Å². The second-order valence-electron chi connectivity index (χ2n) is 4.17. The van der Waals surface area contributed by atoms with Crippen molar-refractivity contribution in [3.63, 3.8) is 0 Å². The molecule has 0 radical (unpaired) electrons. The number of alkyl halides is 3. The molecule has 0 aliphatic heterocycles. The Labute approximate surface area is 134 Å². The van der Waals surface area contributed by atoms with Gasteiger partial charge in [0, 0.05) is 12.1 Å². The molecular weight excluding hydrogens is 355 g/mol. The average molecular weight is 366 g/mol. The van der Waals surface area contributed by atoms with Crippen LogP contribution in [-0.4, -0.2) is 24.7 Å². The van der Waals surface area contributed by atoms with Crippen LogP contribution in [0.2, 0.25) is 0 Å². The third kappa shape index (κ3) is 5.01. The van der Waals surface area contributed by atoms with Crippen molar-refractivity contribution in [3.8, 4) is 17.4 Å². The molecule has 0 spiro atoms. The highest BCUT2D eigenvalue weighted by Gasteiger charge is 2.49. The van der Waals surface area contributed by atoms with E-state index in [1.54, 1.807) is 6.07 Å². The molecule has 6 nitrogen and oxygen atoms in total. The molecular formula is C12H11F3N3O3S2+. The van der Waals surface area contributed by atoms with E-state index < -0.39 is 32.4 Å². The highest BCUT2D eigenvalue weighted by atomic mass is 32.2. The van der Waals surface area contributed by atoms with Crippen molar-refractivity contribution < 1.29 is 25.8 Å². The SMILES string of the molecule is CCCc1cc(OS(=O)(=O)C(F)(F)F)nc([S+](C#N)CC#N)c1.